The third kappa shape index (κ3) is 3.58. The number of likely N-dealkylation sites (N-methyl/N-ethyl adjacent to an activating group) is 2. The lowest BCUT2D eigenvalue weighted by atomic mass is 10.0. The van der Waals surface area contributed by atoms with Gasteiger partial charge in [0.05, 0.1) is 0 Å². The van der Waals surface area contributed by atoms with E-state index < -0.39 is 0 Å². The molecule has 6 heteroatoms. The molecule has 0 aliphatic carbocycles. The molecule has 1 aromatic rings. The Morgan fingerprint density at radius 1 is 1.45 bits per heavy atom. The minimum absolute atomic E-state index is 0.223. The minimum atomic E-state index is 0.223. The van der Waals surface area contributed by atoms with Crippen LogP contribution in [0.15, 0.2) is 12.4 Å². The van der Waals surface area contributed by atoms with Gasteiger partial charge in [-0.25, -0.2) is 4.98 Å². The molecule has 0 amide bonds. The Bertz CT molecular complexity index is 404. The van der Waals surface area contributed by atoms with Crippen LogP contribution in [0.5, 0.6) is 0 Å². The van der Waals surface area contributed by atoms with E-state index in [2.05, 4.69) is 52.0 Å². The van der Waals surface area contributed by atoms with Crippen LogP contribution in [0.25, 0.3) is 0 Å². The summed E-state index contributed by atoms with van der Waals surface area (Å²) in [5.41, 5.74) is 3.01. The number of piperazine rings is 1. The molecule has 0 radical (unpaired) electrons. The molecular formula is C14H28N6. The Morgan fingerprint density at radius 3 is 2.95 bits per heavy atom. The maximum atomic E-state index is 5.82. The lowest BCUT2D eigenvalue weighted by molar-refractivity contribution is 0.0869. The molecule has 3 N–H and O–H groups in total. The highest BCUT2D eigenvalue weighted by Gasteiger charge is 2.30. The van der Waals surface area contributed by atoms with Gasteiger partial charge in [0.15, 0.2) is 0 Å². The van der Waals surface area contributed by atoms with Crippen molar-refractivity contribution in [3.8, 4) is 0 Å². The first kappa shape index (κ1) is 15.4. The molecule has 1 fully saturated rings. The fourth-order valence-corrected chi connectivity index (χ4v) is 2.96. The first-order chi connectivity index (χ1) is 9.65. The zero-order chi connectivity index (χ0) is 14.5. The SMILES string of the molecule is CCCn1ccnc1CC(NN)C1CN(C)CCN1C. The van der Waals surface area contributed by atoms with Crippen molar-refractivity contribution in [1.29, 1.82) is 0 Å². The van der Waals surface area contributed by atoms with Crippen molar-refractivity contribution >= 4 is 0 Å². The maximum Gasteiger partial charge on any atom is 0.110 e. The molecule has 114 valence electrons. The quantitative estimate of drug-likeness (QED) is 0.563. The summed E-state index contributed by atoms with van der Waals surface area (Å²) in [7, 11) is 4.35. The van der Waals surface area contributed by atoms with E-state index in [1.54, 1.807) is 0 Å². The van der Waals surface area contributed by atoms with Gasteiger partial charge in [-0.2, -0.15) is 0 Å². The molecule has 2 unspecified atom stereocenters. The molecule has 1 aliphatic rings. The first-order valence-corrected chi connectivity index (χ1v) is 7.50. The molecule has 1 aliphatic heterocycles. The van der Waals surface area contributed by atoms with Crippen LogP contribution in [0.2, 0.25) is 0 Å². The van der Waals surface area contributed by atoms with E-state index >= 15 is 0 Å². The number of nitrogens with zero attached hydrogens (tertiary/aromatic N) is 4. The molecule has 2 rings (SSSR count). The fraction of sp³-hybridized carbons (Fsp3) is 0.786. The topological polar surface area (TPSA) is 62.4 Å². The third-order valence-corrected chi connectivity index (χ3v) is 4.25. The summed E-state index contributed by atoms with van der Waals surface area (Å²) in [6, 6.07) is 0.645. The Balaban J connectivity index is 2.05. The van der Waals surface area contributed by atoms with Crippen LogP contribution in [0.1, 0.15) is 19.2 Å². The van der Waals surface area contributed by atoms with Gasteiger partial charge >= 0.3 is 0 Å². The maximum absolute atomic E-state index is 5.82. The summed E-state index contributed by atoms with van der Waals surface area (Å²) in [6.07, 6.45) is 5.93. The first-order valence-electron chi connectivity index (χ1n) is 7.50. The van der Waals surface area contributed by atoms with Crippen molar-refractivity contribution in [2.75, 3.05) is 33.7 Å². The summed E-state index contributed by atoms with van der Waals surface area (Å²) < 4.78 is 2.23. The molecule has 2 heterocycles. The van der Waals surface area contributed by atoms with Gasteiger partial charge in [-0.05, 0) is 20.5 Å². The second-order valence-corrected chi connectivity index (χ2v) is 5.82. The molecule has 0 saturated carbocycles. The minimum Gasteiger partial charge on any atom is -0.335 e. The molecule has 6 nitrogen and oxygen atoms in total. The van der Waals surface area contributed by atoms with E-state index in [1.165, 1.54) is 0 Å². The van der Waals surface area contributed by atoms with E-state index in [0.29, 0.717) is 6.04 Å². The Kier molecular flexibility index (Phi) is 5.54. The van der Waals surface area contributed by atoms with Crippen LogP contribution < -0.4 is 11.3 Å². The molecule has 0 spiro atoms. The summed E-state index contributed by atoms with van der Waals surface area (Å²) in [6.45, 7) is 6.46. The molecular weight excluding hydrogens is 252 g/mol. The second kappa shape index (κ2) is 7.17. The molecule has 1 aromatic heterocycles. The molecule has 0 aromatic carbocycles. The van der Waals surface area contributed by atoms with Crippen LogP contribution >= 0.6 is 0 Å². The van der Waals surface area contributed by atoms with Crippen LogP contribution in [-0.4, -0.2) is 65.2 Å². The number of aromatic nitrogens is 2. The van der Waals surface area contributed by atoms with Gasteiger partial charge in [-0.1, -0.05) is 6.92 Å². The van der Waals surface area contributed by atoms with Crippen molar-refractivity contribution in [1.82, 2.24) is 24.8 Å². The van der Waals surface area contributed by atoms with Crippen molar-refractivity contribution in [3.05, 3.63) is 18.2 Å². The lowest BCUT2D eigenvalue weighted by Crippen LogP contribution is -2.60. The third-order valence-electron chi connectivity index (χ3n) is 4.25. The monoisotopic (exact) mass is 280 g/mol. The van der Waals surface area contributed by atoms with Crippen molar-refractivity contribution in [2.45, 2.75) is 38.4 Å². The summed E-state index contributed by atoms with van der Waals surface area (Å²) in [5.74, 6) is 6.94. The van der Waals surface area contributed by atoms with Gasteiger partial charge in [0.25, 0.3) is 0 Å². The van der Waals surface area contributed by atoms with Crippen molar-refractivity contribution in [2.24, 2.45) is 5.84 Å². The van der Waals surface area contributed by atoms with Gasteiger partial charge < -0.3 is 9.47 Å². The smallest absolute Gasteiger partial charge is 0.110 e. The van der Waals surface area contributed by atoms with Gasteiger partial charge in [0, 0.05) is 57.1 Å². The Morgan fingerprint density at radius 2 is 2.25 bits per heavy atom. The van der Waals surface area contributed by atoms with Gasteiger partial charge in [0.2, 0.25) is 0 Å². The zero-order valence-corrected chi connectivity index (χ0v) is 12.9. The van der Waals surface area contributed by atoms with Crippen molar-refractivity contribution < 1.29 is 0 Å². The summed E-state index contributed by atoms with van der Waals surface area (Å²) in [4.78, 5) is 9.27. The predicted molar refractivity (Wildman–Crippen MR) is 81.2 cm³/mol. The lowest BCUT2D eigenvalue weighted by Gasteiger charge is -2.41. The van der Waals surface area contributed by atoms with Crippen LogP contribution in [0, 0.1) is 0 Å². The van der Waals surface area contributed by atoms with E-state index in [-0.39, 0.29) is 6.04 Å². The van der Waals surface area contributed by atoms with E-state index in [0.717, 1.165) is 44.8 Å². The fourth-order valence-electron chi connectivity index (χ4n) is 2.96. The average molecular weight is 280 g/mol. The van der Waals surface area contributed by atoms with Crippen LogP contribution in [0.4, 0.5) is 0 Å². The highest BCUT2D eigenvalue weighted by Crippen LogP contribution is 2.13. The molecule has 1 saturated heterocycles. The number of hydrazine groups is 1. The van der Waals surface area contributed by atoms with Gasteiger partial charge in [-0.15, -0.1) is 0 Å². The summed E-state index contributed by atoms with van der Waals surface area (Å²) in [5, 5.41) is 0. The van der Waals surface area contributed by atoms with E-state index in [1.807, 2.05) is 6.20 Å². The standard InChI is InChI=1S/C14H28N6/c1-4-6-20-7-5-16-14(20)10-12(17-15)13-11-18(2)8-9-19(13)3/h5,7,12-13,17H,4,6,8-11,15H2,1-3H3. The van der Waals surface area contributed by atoms with Crippen LogP contribution in [-0.2, 0) is 13.0 Å². The van der Waals surface area contributed by atoms with Crippen molar-refractivity contribution in [3.63, 3.8) is 0 Å². The highest BCUT2D eigenvalue weighted by molar-refractivity contribution is 4.99. The molecule has 20 heavy (non-hydrogen) atoms. The van der Waals surface area contributed by atoms with Gasteiger partial charge in [-0.3, -0.25) is 16.2 Å². The Labute approximate surface area is 121 Å². The predicted octanol–water partition coefficient (Wildman–Crippen LogP) is -0.0867. The van der Waals surface area contributed by atoms with E-state index in [9.17, 15) is 0 Å². The second-order valence-electron chi connectivity index (χ2n) is 5.82. The highest BCUT2D eigenvalue weighted by atomic mass is 15.3. The zero-order valence-electron chi connectivity index (χ0n) is 12.9. The van der Waals surface area contributed by atoms with E-state index in [4.69, 9.17) is 5.84 Å². The number of nitrogens with two attached hydrogens (primary N) is 1. The molecule has 2 atom stereocenters. The molecule has 0 bridgehead atoms. The number of aryl methyl sites for hydroxylation is 1. The Hall–Kier alpha value is -0.950. The number of imidazole rings is 1. The largest absolute Gasteiger partial charge is 0.335 e. The van der Waals surface area contributed by atoms with Crippen LogP contribution in [0.3, 0.4) is 0 Å². The number of hydrogen-bond acceptors (Lipinski definition) is 5. The summed E-state index contributed by atoms with van der Waals surface area (Å²) >= 11 is 0. The number of rotatable bonds is 6. The van der Waals surface area contributed by atoms with Gasteiger partial charge in [0.1, 0.15) is 5.82 Å². The average Bonchev–Trinajstić information content (AvgIpc) is 2.87. The number of hydrogen-bond donors (Lipinski definition) is 2. The normalized spacial score (nSPS) is 23.1. The number of nitrogens with one attached hydrogen (secondary N) is 1.